The second-order valence-corrected chi connectivity index (χ2v) is 3.72. The Morgan fingerprint density at radius 1 is 1.41 bits per heavy atom. The van der Waals surface area contributed by atoms with Gasteiger partial charge in [-0.05, 0) is 12.1 Å². The molecule has 0 radical (unpaired) electrons. The van der Waals surface area contributed by atoms with Gasteiger partial charge in [-0.25, -0.2) is 4.79 Å². The molecule has 0 fully saturated rings. The highest BCUT2D eigenvalue weighted by atomic mass is 35.5. The highest BCUT2D eigenvalue weighted by Crippen LogP contribution is 2.19. The van der Waals surface area contributed by atoms with Crippen LogP contribution < -0.4 is 4.74 Å². The van der Waals surface area contributed by atoms with Gasteiger partial charge in [0.2, 0.25) is 0 Å². The first-order valence-corrected chi connectivity index (χ1v) is 5.36. The minimum Gasteiger partial charge on any atom is -0.487 e. The van der Waals surface area contributed by atoms with E-state index in [0.717, 1.165) is 0 Å². The van der Waals surface area contributed by atoms with E-state index in [1.165, 1.54) is 6.08 Å². The van der Waals surface area contributed by atoms with E-state index < -0.39 is 5.97 Å². The number of ether oxygens (including phenoxy) is 2. The van der Waals surface area contributed by atoms with E-state index in [4.69, 9.17) is 21.1 Å². The zero-order valence-electron chi connectivity index (χ0n) is 9.32. The second kappa shape index (κ2) is 6.76. The Hall–Kier alpha value is -1.74. The Bertz CT molecular complexity index is 426. The van der Waals surface area contributed by atoms with Crippen molar-refractivity contribution in [3.05, 3.63) is 54.1 Å². The summed E-state index contributed by atoms with van der Waals surface area (Å²) in [7, 11) is 0. The van der Waals surface area contributed by atoms with Crippen molar-refractivity contribution in [2.24, 2.45) is 0 Å². The van der Waals surface area contributed by atoms with E-state index in [1.54, 1.807) is 24.3 Å². The molecule has 1 aromatic carbocycles. The number of benzene rings is 1. The third kappa shape index (κ3) is 4.33. The number of esters is 1. The number of carbonyl (C=O) groups excluding carboxylic acids is 1. The summed E-state index contributed by atoms with van der Waals surface area (Å²) in [5, 5.41) is 0.360. The van der Waals surface area contributed by atoms with Gasteiger partial charge in [-0.1, -0.05) is 43.0 Å². The minimum absolute atomic E-state index is 0.146. The van der Waals surface area contributed by atoms with Gasteiger partial charge in [-0.3, -0.25) is 0 Å². The van der Waals surface area contributed by atoms with Crippen molar-refractivity contribution in [1.29, 1.82) is 0 Å². The zero-order chi connectivity index (χ0) is 12.7. The topological polar surface area (TPSA) is 35.5 Å². The van der Waals surface area contributed by atoms with Crippen LogP contribution in [0.3, 0.4) is 0 Å². The van der Waals surface area contributed by atoms with Gasteiger partial charge in [0, 0.05) is 5.03 Å². The Balaban J connectivity index is 2.79. The van der Waals surface area contributed by atoms with Gasteiger partial charge >= 0.3 is 5.97 Å². The second-order valence-electron chi connectivity index (χ2n) is 3.19. The van der Waals surface area contributed by atoms with Crippen LogP contribution in [0.4, 0.5) is 0 Å². The summed E-state index contributed by atoms with van der Waals surface area (Å²) < 4.78 is 10.3. The van der Waals surface area contributed by atoms with Gasteiger partial charge in [-0.2, -0.15) is 0 Å². The lowest BCUT2D eigenvalue weighted by Gasteiger charge is -2.09. The molecule has 0 N–H and O–H groups in total. The fourth-order valence-electron chi connectivity index (χ4n) is 1.13. The molecule has 4 heteroatoms. The molecule has 3 nitrogen and oxygen atoms in total. The number of rotatable bonds is 6. The Morgan fingerprint density at radius 3 is 2.76 bits per heavy atom. The molecule has 0 saturated heterocycles. The smallest absolute Gasteiger partial charge is 0.342 e. The first-order valence-electron chi connectivity index (χ1n) is 4.98. The first-order chi connectivity index (χ1) is 8.15. The lowest BCUT2D eigenvalue weighted by molar-refractivity contribution is 0.0545. The van der Waals surface area contributed by atoms with Crippen molar-refractivity contribution in [1.82, 2.24) is 0 Å². The number of halogens is 1. The van der Waals surface area contributed by atoms with Crippen molar-refractivity contribution < 1.29 is 14.3 Å². The van der Waals surface area contributed by atoms with Crippen molar-refractivity contribution >= 4 is 17.6 Å². The molecule has 0 saturated carbocycles. The molecule has 0 aliphatic carbocycles. The summed E-state index contributed by atoms with van der Waals surface area (Å²) in [5.41, 5.74) is 0.354. The van der Waals surface area contributed by atoms with Gasteiger partial charge in [0.1, 0.15) is 24.5 Å². The lowest BCUT2D eigenvalue weighted by Crippen LogP contribution is -2.08. The molecule has 0 aliphatic rings. The van der Waals surface area contributed by atoms with Crippen molar-refractivity contribution in [3.8, 4) is 5.75 Å². The van der Waals surface area contributed by atoms with Crippen molar-refractivity contribution in [2.45, 2.75) is 0 Å². The number of hydrogen-bond acceptors (Lipinski definition) is 3. The molecule has 17 heavy (non-hydrogen) atoms. The van der Waals surface area contributed by atoms with Crippen molar-refractivity contribution in [2.75, 3.05) is 13.2 Å². The van der Waals surface area contributed by atoms with Crippen LogP contribution in [0.15, 0.2) is 48.5 Å². The highest BCUT2D eigenvalue weighted by Gasteiger charge is 2.12. The molecule has 0 aromatic heterocycles. The SMILES string of the molecule is C=CCOC(=O)c1ccccc1OCC(=C)Cl. The monoisotopic (exact) mass is 252 g/mol. The van der Waals surface area contributed by atoms with Crippen LogP contribution in [0.5, 0.6) is 5.75 Å². The Kier molecular flexibility index (Phi) is 5.30. The zero-order valence-corrected chi connectivity index (χ0v) is 10.1. The van der Waals surface area contributed by atoms with Crippen LogP contribution in [0.2, 0.25) is 0 Å². The largest absolute Gasteiger partial charge is 0.487 e. The van der Waals surface area contributed by atoms with Gasteiger partial charge < -0.3 is 9.47 Å². The minimum atomic E-state index is -0.458. The van der Waals surface area contributed by atoms with Crippen LogP contribution in [-0.2, 0) is 4.74 Å². The summed E-state index contributed by atoms with van der Waals surface area (Å²) in [6.45, 7) is 7.28. The quantitative estimate of drug-likeness (QED) is 0.576. The summed E-state index contributed by atoms with van der Waals surface area (Å²) in [4.78, 5) is 11.7. The van der Waals surface area contributed by atoms with E-state index >= 15 is 0 Å². The van der Waals surface area contributed by atoms with E-state index in [2.05, 4.69) is 13.2 Å². The van der Waals surface area contributed by atoms with Crippen LogP contribution in [0.1, 0.15) is 10.4 Å². The van der Waals surface area contributed by atoms with E-state index in [-0.39, 0.29) is 13.2 Å². The molecule has 1 aromatic rings. The van der Waals surface area contributed by atoms with Gasteiger partial charge in [0.25, 0.3) is 0 Å². The molecule has 0 atom stereocenters. The van der Waals surface area contributed by atoms with Crippen LogP contribution in [-0.4, -0.2) is 19.2 Å². The lowest BCUT2D eigenvalue weighted by atomic mass is 10.2. The number of para-hydroxylation sites is 1. The van der Waals surface area contributed by atoms with Crippen molar-refractivity contribution in [3.63, 3.8) is 0 Å². The number of hydrogen-bond donors (Lipinski definition) is 0. The summed E-state index contributed by atoms with van der Waals surface area (Å²) >= 11 is 5.59. The number of carbonyl (C=O) groups is 1. The Morgan fingerprint density at radius 2 is 2.12 bits per heavy atom. The predicted octanol–water partition coefficient (Wildman–Crippen LogP) is 3.16. The fraction of sp³-hybridized carbons (Fsp3) is 0.154. The Labute approximate surface area is 105 Å². The van der Waals surface area contributed by atoms with Crippen LogP contribution in [0, 0.1) is 0 Å². The van der Waals surface area contributed by atoms with Crippen LogP contribution in [0.25, 0.3) is 0 Å². The molecular weight excluding hydrogens is 240 g/mol. The third-order valence-electron chi connectivity index (χ3n) is 1.82. The van der Waals surface area contributed by atoms with Crippen LogP contribution >= 0.6 is 11.6 Å². The standard InChI is InChI=1S/C13H13ClO3/c1-3-8-16-13(15)11-6-4-5-7-12(11)17-9-10(2)14/h3-7H,1-2,8-9H2. The highest BCUT2D eigenvalue weighted by molar-refractivity contribution is 6.29. The molecule has 0 amide bonds. The molecule has 90 valence electrons. The predicted molar refractivity (Wildman–Crippen MR) is 67.4 cm³/mol. The molecule has 0 spiro atoms. The molecule has 0 aliphatic heterocycles. The molecule has 0 unspecified atom stereocenters. The van der Waals surface area contributed by atoms with E-state index in [0.29, 0.717) is 16.3 Å². The van der Waals surface area contributed by atoms with E-state index in [9.17, 15) is 4.79 Å². The fourth-order valence-corrected chi connectivity index (χ4v) is 1.18. The van der Waals surface area contributed by atoms with Gasteiger partial charge in [-0.15, -0.1) is 0 Å². The molecular formula is C13H13ClO3. The maximum absolute atomic E-state index is 11.7. The average Bonchev–Trinajstić information content (AvgIpc) is 2.33. The maximum atomic E-state index is 11.7. The maximum Gasteiger partial charge on any atom is 0.342 e. The molecule has 1 rings (SSSR count). The first kappa shape index (κ1) is 13.3. The normalized spacial score (nSPS) is 9.47. The summed E-state index contributed by atoms with van der Waals surface area (Å²) in [5.74, 6) is -0.0379. The third-order valence-corrected chi connectivity index (χ3v) is 1.93. The van der Waals surface area contributed by atoms with Gasteiger partial charge in [0.15, 0.2) is 0 Å². The summed E-state index contributed by atoms with van der Waals surface area (Å²) in [6, 6.07) is 6.78. The molecule has 0 heterocycles. The average molecular weight is 253 g/mol. The van der Waals surface area contributed by atoms with Gasteiger partial charge in [0.05, 0.1) is 0 Å². The molecule has 0 bridgehead atoms. The van der Waals surface area contributed by atoms with E-state index in [1.807, 2.05) is 0 Å². The summed E-state index contributed by atoms with van der Waals surface area (Å²) in [6.07, 6.45) is 1.50.